The molecule has 0 saturated heterocycles. The molecule has 1 heterocycles. The fourth-order valence-corrected chi connectivity index (χ4v) is 1.91. The average Bonchev–Trinajstić information content (AvgIpc) is 2.51. The maximum absolute atomic E-state index is 11.7. The van der Waals surface area contributed by atoms with Crippen molar-refractivity contribution in [3.05, 3.63) is 5.82 Å². The number of nitrogens with one attached hydrogen (secondary N) is 1. The molecule has 0 aliphatic carbocycles. The van der Waals surface area contributed by atoms with E-state index in [0.717, 1.165) is 11.5 Å². The van der Waals surface area contributed by atoms with Gasteiger partial charge in [0.25, 0.3) is 0 Å². The van der Waals surface area contributed by atoms with Crippen LogP contribution in [0.3, 0.4) is 0 Å². The molecule has 1 amide bonds. The number of aryl methyl sites for hydroxylation is 1. The molecule has 0 radical (unpaired) electrons. The van der Waals surface area contributed by atoms with Crippen LogP contribution in [0.4, 0.5) is 5.13 Å². The molecule has 1 aromatic heterocycles. The maximum Gasteiger partial charge on any atom is 0.236 e. The normalized spacial score (nSPS) is 12.1. The molecule has 7 heteroatoms. The standard InChI is InChI=1S/C8H12N4OS2/c1-3-5(6(9)14)7(13)11-8-10-4(2)12-15-8/h5H,3H2,1-2H3,(H2,9,14)(H,10,11,12,13). The summed E-state index contributed by atoms with van der Waals surface area (Å²) in [5.74, 6) is -0.0240. The summed E-state index contributed by atoms with van der Waals surface area (Å²) in [5, 5.41) is 3.11. The summed E-state index contributed by atoms with van der Waals surface area (Å²) in [7, 11) is 0. The molecule has 0 aromatic carbocycles. The fourth-order valence-electron chi connectivity index (χ4n) is 1.06. The second-order valence-electron chi connectivity index (χ2n) is 3.00. The van der Waals surface area contributed by atoms with Crippen LogP contribution in [0.1, 0.15) is 19.2 Å². The predicted molar refractivity (Wildman–Crippen MR) is 63.8 cm³/mol. The van der Waals surface area contributed by atoms with Crippen LogP contribution in [0.25, 0.3) is 0 Å². The Labute approximate surface area is 97.3 Å². The number of hydrogen-bond donors (Lipinski definition) is 2. The molecular formula is C8H12N4OS2. The van der Waals surface area contributed by atoms with E-state index in [-0.39, 0.29) is 10.9 Å². The van der Waals surface area contributed by atoms with E-state index in [2.05, 4.69) is 14.7 Å². The summed E-state index contributed by atoms with van der Waals surface area (Å²) < 4.78 is 3.95. The summed E-state index contributed by atoms with van der Waals surface area (Å²) in [6.45, 7) is 3.62. The van der Waals surface area contributed by atoms with Crippen molar-refractivity contribution in [3.8, 4) is 0 Å². The fraction of sp³-hybridized carbons (Fsp3) is 0.500. The summed E-state index contributed by atoms with van der Waals surface area (Å²) >= 11 is 5.94. The van der Waals surface area contributed by atoms with Crippen molar-refractivity contribution in [2.24, 2.45) is 11.7 Å². The summed E-state index contributed by atoms with van der Waals surface area (Å²) in [5.41, 5.74) is 5.44. The quantitative estimate of drug-likeness (QED) is 0.775. The van der Waals surface area contributed by atoms with E-state index in [9.17, 15) is 4.79 Å². The lowest BCUT2D eigenvalue weighted by molar-refractivity contribution is -0.118. The third kappa shape index (κ3) is 3.21. The minimum Gasteiger partial charge on any atom is -0.393 e. The Balaban J connectivity index is 2.66. The second kappa shape index (κ2) is 5.13. The molecule has 0 fully saturated rings. The molecule has 5 nitrogen and oxygen atoms in total. The highest BCUT2D eigenvalue weighted by Gasteiger charge is 2.20. The van der Waals surface area contributed by atoms with Gasteiger partial charge in [-0.3, -0.25) is 4.79 Å². The van der Waals surface area contributed by atoms with Crippen LogP contribution in [0.5, 0.6) is 0 Å². The third-order valence-electron chi connectivity index (χ3n) is 1.83. The number of anilines is 1. The van der Waals surface area contributed by atoms with Gasteiger partial charge in [0.2, 0.25) is 11.0 Å². The molecule has 0 saturated carbocycles. The van der Waals surface area contributed by atoms with Gasteiger partial charge in [-0.2, -0.15) is 4.37 Å². The Morgan fingerprint density at radius 2 is 2.40 bits per heavy atom. The number of carbonyl (C=O) groups excluding carboxylic acids is 1. The van der Waals surface area contributed by atoms with Gasteiger partial charge in [-0.15, -0.1) is 0 Å². The summed E-state index contributed by atoms with van der Waals surface area (Å²) in [6, 6.07) is 0. The van der Waals surface area contributed by atoms with Crippen LogP contribution in [0, 0.1) is 12.8 Å². The van der Waals surface area contributed by atoms with Gasteiger partial charge >= 0.3 is 0 Å². The van der Waals surface area contributed by atoms with Crippen molar-refractivity contribution >= 4 is 39.8 Å². The topological polar surface area (TPSA) is 80.9 Å². The molecule has 1 aromatic rings. The first-order valence-corrected chi connectivity index (χ1v) is 5.63. The number of aromatic nitrogens is 2. The number of nitrogens with two attached hydrogens (primary N) is 1. The molecule has 1 rings (SSSR count). The Morgan fingerprint density at radius 1 is 1.73 bits per heavy atom. The molecule has 0 bridgehead atoms. The largest absolute Gasteiger partial charge is 0.393 e. The summed E-state index contributed by atoms with van der Waals surface area (Å²) in [6.07, 6.45) is 0.582. The lowest BCUT2D eigenvalue weighted by Gasteiger charge is -2.11. The van der Waals surface area contributed by atoms with E-state index >= 15 is 0 Å². The average molecular weight is 244 g/mol. The molecule has 0 aliphatic rings. The van der Waals surface area contributed by atoms with Gasteiger partial charge in [-0.25, -0.2) is 4.98 Å². The lowest BCUT2D eigenvalue weighted by atomic mass is 10.1. The van der Waals surface area contributed by atoms with Crippen LogP contribution in [0.2, 0.25) is 0 Å². The van der Waals surface area contributed by atoms with E-state index in [0.29, 0.717) is 17.4 Å². The van der Waals surface area contributed by atoms with Crippen LogP contribution in [0.15, 0.2) is 0 Å². The van der Waals surface area contributed by atoms with E-state index < -0.39 is 5.92 Å². The van der Waals surface area contributed by atoms with E-state index in [1.165, 1.54) is 0 Å². The van der Waals surface area contributed by atoms with Crippen molar-refractivity contribution in [2.45, 2.75) is 20.3 Å². The first-order valence-electron chi connectivity index (χ1n) is 4.45. The monoisotopic (exact) mass is 244 g/mol. The van der Waals surface area contributed by atoms with Gasteiger partial charge in [0.1, 0.15) is 5.82 Å². The first-order chi connectivity index (χ1) is 7.04. The van der Waals surface area contributed by atoms with Crippen molar-refractivity contribution < 1.29 is 4.79 Å². The van der Waals surface area contributed by atoms with Gasteiger partial charge in [0.05, 0.1) is 10.9 Å². The zero-order valence-electron chi connectivity index (χ0n) is 8.48. The zero-order chi connectivity index (χ0) is 11.4. The maximum atomic E-state index is 11.7. The number of thiocarbonyl (C=S) groups is 1. The van der Waals surface area contributed by atoms with Gasteiger partial charge in [-0.05, 0) is 13.3 Å². The Morgan fingerprint density at radius 3 is 2.80 bits per heavy atom. The molecule has 1 unspecified atom stereocenters. The van der Waals surface area contributed by atoms with Crippen molar-refractivity contribution in [2.75, 3.05) is 5.32 Å². The van der Waals surface area contributed by atoms with Crippen molar-refractivity contribution in [3.63, 3.8) is 0 Å². The number of amides is 1. The van der Waals surface area contributed by atoms with Crippen LogP contribution >= 0.6 is 23.8 Å². The Kier molecular flexibility index (Phi) is 4.10. The molecule has 0 spiro atoms. The first kappa shape index (κ1) is 12.0. The number of carbonyl (C=O) groups is 1. The van der Waals surface area contributed by atoms with Crippen molar-refractivity contribution in [1.82, 2.24) is 9.36 Å². The van der Waals surface area contributed by atoms with E-state index in [1.54, 1.807) is 6.92 Å². The molecule has 15 heavy (non-hydrogen) atoms. The highest BCUT2D eigenvalue weighted by Crippen LogP contribution is 2.13. The zero-order valence-corrected chi connectivity index (χ0v) is 10.1. The minimum absolute atomic E-state index is 0.205. The predicted octanol–water partition coefficient (Wildman–Crippen LogP) is 1.10. The van der Waals surface area contributed by atoms with E-state index in [4.69, 9.17) is 18.0 Å². The van der Waals surface area contributed by atoms with E-state index in [1.807, 2.05) is 6.92 Å². The van der Waals surface area contributed by atoms with Gasteiger partial charge < -0.3 is 11.1 Å². The van der Waals surface area contributed by atoms with Crippen molar-refractivity contribution in [1.29, 1.82) is 0 Å². The number of hydrogen-bond acceptors (Lipinski definition) is 5. The van der Waals surface area contributed by atoms with Crippen LogP contribution in [-0.4, -0.2) is 20.3 Å². The number of nitrogens with zero attached hydrogens (tertiary/aromatic N) is 2. The summed E-state index contributed by atoms with van der Waals surface area (Å²) in [4.78, 5) is 15.9. The molecule has 0 aliphatic heterocycles. The SMILES string of the molecule is CCC(C(=O)Nc1nc(C)ns1)C(N)=S. The highest BCUT2D eigenvalue weighted by atomic mass is 32.1. The lowest BCUT2D eigenvalue weighted by Crippen LogP contribution is -2.32. The van der Waals surface area contributed by atoms with Gasteiger partial charge in [-0.1, -0.05) is 19.1 Å². The van der Waals surface area contributed by atoms with Gasteiger partial charge in [0, 0.05) is 11.5 Å². The Bertz CT molecular complexity index is 376. The van der Waals surface area contributed by atoms with Gasteiger partial charge in [0.15, 0.2) is 0 Å². The molecule has 3 N–H and O–H groups in total. The molecule has 82 valence electrons. The molecule has 1 atom stereocenters. The highest BCUT2D eigenvalue weighted by molar-refractivity contribution is 7.80. The van der Waals surface area contributed by atoms with Crippen LogP contribution in [-0.2, 0) is 4.79 Å². The number of rotatable bonds is 4. The van der Waals surface area contributed by atoms with Crippen LogP contribution < -0.4 is 11.1 Å². The third-order valence-corrected chi connectivity index (χ3v) is 2.83. The minimum atomic E-state index is -0.441. The molecular weight excluding hydrogens is 232 g/mol. The Hall–Kier alpha value is -1.08. The second-order valence-corrected chi connectivity index (χ2v) is 4.22. The smallest absolute Gasteiger partial charge is 0.236 e.